The summed E-state index contributed by atoms with van der Waals surface area (Å²) in [7, 11) is 0. The molecule has 0 bridgehead atoms. The summed E-state index contributed by atoms with van der Waals surface area (Å²) in [4.78, 5) is 18.3. The quantitative estimate of drug-likeness (QED) is 0.805. The van der Waals surface area contributed by atoms with Crippen molar-refractivity contribution in [3.05, 3.63) is 66.3 Å². The number of hydrogen-bond donors (Lipinski definition) is 0. The topological polar surface area (TPSA) is 33.2 Å². The Balaban J connectivity index is 1.83. The number of amides is 1. The van der Waals surface area contributed by atoms with Gasteiger partial charge in [-0.05, 0) is 29.7 Å². The second kappa shape index (κ2) is 6.32. The van der Waals surface area contributed by atoms with Crippen LogP contribution >= 0.6 is 0 Å². The number of rotatable bonds is 3. The molecule has 0 radical (unpaired) electrons. The van der Waals surface area contributed by atoms with E-state index in [0.717, 1.165) is 5.56 Å². The van der Waals surface area contributed by atoms with Crippen LogP contribution in [0.2, 0.25) is 0 Å². The Morgan fingerprint density at radius 3 is 2.65 bits per heavy atom. The van der Waals surface area contributed by atoms with Gasteiger partial charge >= 0.3 is 0 Å². The van der Waals surface area contributed by atoms with E-state index in [2.05, 4.69) is 24.9 Å². The maximum atomic E-state index is 13.8. The molecule has 1 aromatic heterocycles. The summed E-state index contributed by atoms with van der Waals surface area (Å²) in [5, 5.41) is 0. The lowest BCUT2D eigenvalue weighted by Gasteiger charge is -2.27. The first-order chi connectivity index (χ1) is 11.1. The molecular formula is C19H19FN2O. The van der Waals surface area contributed by atoms with E-state index in [0.29, 0.717) is 23.6 Å². The van der Waals surface area contributed by atoms with Gasteiger partial charge in [0.25, 0.3) is 5.91 Å². The van der Waals surface area contributed by atoms with Crippen LogP contribution in [0.4, 0.5) is 4.39 Å². The summed E-state index contributed by atoms with van der Waals surface area (Å²) in [6.07, 6.45) is 6.87. The SMILES string of the molecule is CC(C)[C@H]1C=CCN1C(=O)c1ccc(-c2ccncc2F)cc1. The van der Waals surface area contributed by atoms with Crippen molar-refractivity contribution in [2.24, 2.45) is 5.92 Å². The van der Waals surface area contributed by atoms with Gasteiger partial charge in [0, 0.05) is 23.9 Å². The fraction of sp³-hybridized carbons (Fsp3) is 0.263. The molecule has 0 fully saturated rings. The molecule has 0 N–H and O–H groups in total. The van der Waals surface area contributed by atoms with Gasteiger partial charge in [-0.3, -0.25) is 9.78 Å². The van der Waals surface area contributed by atoms with Gasteiger partial charge in [-0.15, -0.1) is 0 Å². The van der Waals surface area contributed by atoms with E-state index in [9.17, 15) is 9.18 Å². The van der Waals surface area contributed by atoms with Crippen LogP contribution in [0.25, 0.3) is 11.1 Å². The minimum Gasteiger partial charge on any atom is -0.328 e. The Morgan fingerprint density at radius 1 is 1.26 bits per heavy atom. The van der Waals surface area contributed by atoms with E-state index in [4.69, 9.17) is 0 Å². The van der Waals surface area contributed by atoms with Gasteiger partial charge in [0.1, 0.15) is 5.82 Å². The van der Waals surface area contributed by atoms with Gasteiger partial charge in [-0.25, -0.2) is 4.39 Å². The minimum absolute atomic E-state index is 0.00968. The van der Waals surface area contributed by atoms with Gasteiger partial charge in [-0.2, -0.15) is 0 Å². The van der Waals surface area contributed by atoms with Crippen molar-refractivity contribution in [2.45, 2.75) is 19.9 Å². The molecule has 1 amide bonds. The summed E-state index contributed by atoms with van der Waals surface area (Å²) < 4.78 is 13.8. The van der Waals surface area contributed by atoms with Crippen LogP contribution in [0.15, 0.2) is 54.9 Å². The third-order valence-electron chi connectivity index (χ3n) is 4.15. The third-order valence-corrected chi connectivity index (χ3v) is 4.15. The molecular weight excluding hydrogens is 291 g/mol. The van der Waals surface area contributed by atoms with Gasteiger partial charge in [0.2, 0.25) is 0 Å². The molecule has 3 nitrogen and oxygen atoms in total. The summed E-state index contributed by atoms with van der Waals surface area (Å²) in [5.41, 5.74) is 1.85. The number of carbonyl (C=O) groups excluding carboxylic acids is 1. The molecule has 0 unspecified atom stereocenters. The highest BCUT2D eigenvalue weighted by Gasteiger charge is 2.27. The zero-order valence-electron chi connectivity index (χ0n) is 13.2. The molecule has 4 heteroatoms. The molecule has 1 atom stereocenters. The van der Waals surface area contributed by atoms with Gasteiger partial charge in [0.05, 0.1) is 12.2 Å². The van der Waals surface area contributed by atoms with Crippen molar-refractivity contribution < 1.29 is 9.18 Å². The average Bonchev–Trinajstić information content (AvgIpc) is 3.05. The maximum absolute atomic E-state index is 13.8. The van der Waals surface area contributed by atoms with Crippen molar-refractivity contribution >= 4 is 5.91 Å². The average molecular weight is 310 g/mol. The zero-order valence-corrected chi connectivity index (χ0v) is 13.2. The van der Waals surface area contributed by atoms with Gasteiger partial charge in [0.15, 0.2) is 0 Å². The highest BCUT2D eigenvalue weighted by atomic mass is 19.1. The Labute approximate surface area is 135 Å². The van der Waals surface area contributed by atoms with E-state index in [1.54, 1.807) is 36.5 Å². The first kappa shape index (κ1) is 15.4. The molecule has 23 heavy (non-hydrogen) atoms. The molecule has 0 saturated heterocycles. The smallest absolute Gasteiger partial charge is 0.254 e. The van der Waals surface area contributed by atoms with Crippen LogP contribution in [-0.2, 0) is 0 Å². The van der Waals surface area contributed by atoms with Crippen LogP contribution in [-0.4, -0.2) is 28.4 Å². The number of benzene rings is 1. The normalized spacial score (nSPS) is 17.0. The lowest BCUT2D eigenvalue weighted by atomic mass is 10.0. The van der Waals surface area contributed by atoms with E-state index in [1.807, 2.05) is 11.0 Å². The van der Waals surface area contributed by atoms with Gasteiger partial charge in [-0.1, -0.05) is 38.1 Å². The predicted octanol–water partition coefficient (Wildman–Crippen LogP) is 3.92. The van der Waals surface area contributed by atoms with E-state index < -0.39 is 0 Å². The predicted molar refractivity (Wildman–Crippen MR) is 88.4 cm³/mol. The standard InChI is InChI=1S/C19H19FN2O/c1-13(2)18-4-3-11-22(18)19(23)15-7-5-14(6-8-15)16-9-10-21-12-17(16)20/h3-10,12-13,18H,11H2,1-2H3/t18-/m1/s1. The van der Waals surface area contributed by atoms with E-state index >= 15 is 0 Å². The van der Waals surface area contributed by atoms with Crippen molar-refractivity contribution in [1.29, 1.82) is 0 Å². The number of aromatic nitrogens is 1. The zero-order chi connectivity index (χ0) is 16.4. The molecule has 1 aliphatic heterocycles. The first-order valence-electron chi connectivity index (χ1n) is 7.75. The highest BCUT2D eigenvalue weighted by molar-refractivity contribution is 5.95. The first-order valence-corrected chi connectivity index (χ1v) is 7.75. The Hall–Kier alpha value is -2.49. The Kier molecular flexibility index (Phi) is 4.24. The van der Waals surface area contributed by atoms with Crippen LogP contribution in [0.5, 0.6) is 0 Å². The molecule has 118 valence electrons. The second-order valence-corrected chi connectivity index (χ2v) is 6.05. The fourth-order valence-corrected chi connectivity index (χ4v) is 2.91. The number of halogens is 1. The van der Waals surface area contributed by atoms with Crippen LogP contribution in [0.3, 0.4) is 0 Å². The Morgan fingerprint density at radius 2 is 2.00 bits per heavy atom. The molecule has 1 aliphatic rings. The highest BCUT2D eigenvalue weighted by Crippen LogP contribution is 2.24. The van der Waals surface area contributed by atoms with Crippen molar-refractivity contribution in [3.63, 3.8) is 0 Å². The van der Waals surface area contributed by atoms with Gasteiger partial charge < -0.3 is 4.90 Å². The minimum atomic E-state index is -0.366. The monoisotopic (exact) mass is 310 g/mol. The number of hydrogen-bond acceptors (Lipinski definition) is 2. The fourth-order valence-electron chi connectivity index (χ4n) is 2.91. The van der Waals surface area contributed by atoms with E-state index in [1.165, 1.54) is 6.20 Å². The summed E-state index contributed by atoms with van der Waals surface area (Å²) >= 11 is 0. The molecule has 1 aromatic carbocycles. The van der Waals surface area contributed by atoms with Crippen LogP contribution in [0, 0.1) is 11.7 Å². The molecule has 2 aromatic rings. The van der Waals surface area contributed by atoms with Crippen molar-refractivity contribution in [1.82, 2.24) is 9.88 Å². The third kappa shape index (κ3) is 3.02. The lowest BCUT2D eigenvalue weighted by Crippen LogP contribution is -2.38. The molecule has 3 rings (SSSR count). The number of pyridine rings is 1. The molecule has 0 aliphatic carbocycles. The lowest BCUT2D eigenvalue weighted by molar-refractivity contribution is 0.0720. The largest absolute Gasteiger partial charge is 0.328 e. The van der Waals surface area contributed by atoms with Crippen molar-refractivity contribution in [2.75, 3.05) is 6.54 Å². The molecule has 0 saturated carbocycles. The molecule has 2 heterocycles. The Bertz CT molecular complexity index is 737. The summed E-state index contributed by atoms with van der Waals surface area (Å²) in [5.74, 6) is 0.0218. The molecule has 0 spiro atoms. The van der Waals surface area contributed by atoms with E-state index in [-0.39, 0.29) is 17.8 Å². The number of nitrogens with zero attached hydrogens (tertiary/aromatic N) is 2. The summed E-state index contributed by atoms with van der Waals surface area (Å²) in [6, 6.07) is 8.84. The number of carbonyl (C=O) groups is 1. The second-order valence-electron chi connectivity index (χ2n) is 6.05. The van der Waals surface area contributed by atoms with Crippen LogP contribution < -0.4 is 0 Å². The summed E-state index contributed by atoms with van der Waals surface area (Å²) in [6.45, 7) is 4.86. The van der Waals surface area contributed by atoms with Crippen molar-refractivity contribution in [3.8, 4) is 11.1 Å². The van der Waals surface area contributed by atoms with Crippen LogP contribution in [0.1, 0.15) is 24.2 Å². The maximum Gasteiger partial charge on any atom is 0.254 e.